The molecule has 0 unspecified atom stereocenters. The highest BCUT2D eigenvalue weighted by atomic mass is 15.1. The molecule has 11 aromatic carbocycles. The molecule has 0 atom stereocenters. The van der Waals surface area contributed by atoms with E-state index < -0.39 is 0 Å². The van der Waals surface area contributed by atoms with Crippen molar-refractivity contribution in [2.24, 2.45) is 0 Å². The van der Waals surface area contributed by atoms with E-state index in [1.54, 1.807) is 0 Å². The molecule has 0 saturated carbocycles. The Morgan fingerprint density at radius 3 is 1.14 bits per heavy atom. The number of hydrogen-bond donors (Lipinski definition) is 0. The van der Waals surface area contributed by atoms with Crippen molar-refractivity contribution in [3.8, 4) is 66.8 Å². The lowest BCUT2D eigenvalue weighted by molar-refractivity contribution is 1.28. The predicted molar refractivity (Wildman–Crippen MR) is 269 cm³/mol. The van der Waals surface area contributed by atoms with E-state index in [0.717, 1.165) is 17.1 Å². The van der Waals surface area contributed by atoms with Crippen LogP contribution in [0.25, 0.3) is 88.3 Å². The zero-order valence-electron chi connectivity index (χ0n) is 34.8. The minimum atomic E-state index is 1.08. The zero-order valence-corrected chi connectivity index (χ0v) is 34.8. The molecule has 0 aliphatic heterocycles. The van der Waals surface area contributed by atoms with Gasteiger partial charge in [-0.05, 0) is 137 Å². The Kier molecular flexibility index (Phi) is 9.97. The summed E-state index contributed by atoms with van der Waals surface area (Å²) in [6.07, 6.45) is 0. The van der Waals surface area contributed by atoms with Crippen molar-refractivity contribution in [1.29, 1.82) is 0 Å². The molecule has 11 rings (SSSR count). The second-order valence-electron chi connectivity index (χ2n) is 16.1. The number of rotatable bonds is 9. The van der Waals surface area contributed by atoms with Crippen LogP contribution >= 0.6 is 0 Å². The van der Waals surface area contributed by atoms with Gasteiger partial charge in [0.05, 0.1) is 0 Å². The first-order chi connectivity index (χ1) is 31.2. The van der Waals surface area contributed by atoms with Crippen LogP contribution in [-0.2, 0) is 0 Å². The van der Waals surface area contributed by atoms with Gasteiger partial charge < -0.3 is 4.90 Å². The maximum absolute atomic E-state index is 2.39. The van der Waals surface area contributed by atoms with Crippen molar-refractivity contribution < 1.29 is 0 Å². The molecule has 0 N–H and O–H groups in total. The van der Waals surface area contributed by atoms with Gasteiger partial charge in [-0.1, -0.05) is 212 Å². The molecule has 1 heteroatoms. The number of hydrogen-bond acceptors (Lipinski definition) is 1. The highest BCUT2D eigenvalue weighted by Gasteiger charge is 2.19. The first-order valence-corrected chi connectivity index (χ1v) is 21.7. The number of nitrogens with zero attached hydrogens (tertiary/aromatic N) is 1. The Hall–Kier alpha value is -8.26. The molecule has 0 saturated heterocycles. The predicted octanol–water partition coefficient (Wildman–Crippen LogP) is 17.5. The standard InChI is InChI=1S/C62H43N/c1-5-17-44(18-6-1)50-33-39-56(45-19-7-2-8-20-45)60(41-50)48-29-34-52(35-30-48)63(54-38-40-57(46-21-9-3-10-22-46)62(43-54)47-23-11-4-12-24-47)53-36-31-49(32-37-53)61-42-51-25-13-14-26-55(51)58-27-15-16-28-59(58)61/h1-43H. The molecule has 0 aliphatic rings. The van der Waals surface area contributed by atoms with Crippen LogP contribution in [0.4, 0.5) is 17.1 Å². The molecule has 0 bridgehead atoms. The summed E-state index contributed by atoms with van der Waals surface area (Å²) in [4.78, 5) is 2.39. The summed E-state index contributed by atoms with van der Waals surface area (Å²) < 4.78 is 0. The van der Waals surface area contributed by atoms with Crippen LogP contribution in [0.1, 0.15) is 0 Å². The van der Waals surface area contributed by atoms with Crippen molar-refractivity contribution in [3.63, 3.8) is 0 Å². The molecule has 0 amide bonds. The fraction of sp³-hybridized carbons (Fsp3) is 0. The highest BCUT2D eigenvalue weighted by Crippen LogP contribution is 2.44. The summed E-state index contributed by atoms with van der Waals surface area (Å²) in [5, 5.41) is 5.05. The number of benzene rings is 11. The minimum Gasteiger partial charge on any atom is -0.310 e. The molecular formula is C62H43N. The van der Waals surface area contributed by atoms with E-state index in [4.69, 9.17) is 0 Å². The Bertz CT molecular complexity index is 3340. The average Bonchev–Trinajstić information content (AvgIpc) is 3.37. The van der Waals surface area contributed by atoms with Crippen LogP contribution in [0.2, 0.25) is 0 Å². The number of fused-ring (bicyclic) bond motifs is 3. The molecule has 1 nitrogen and oxygen atoms in total. The van der Waals surface area contributed by atoms with Crippen LogP contribution in [0.15, 0.2) is 261 Å². The van der Waals surface area contributed by atoms with E-state index in [9.17, 15) is 0 Å². The lowest BCUT2D eigenvalue weighted by atomic mass is 9.91. The molecule has 0 aromatic heterocycles. The molecular weight excluding hydrogens is 759 g/mol. The third-order valence-corrected chi connectivity index (χ3v) is 12.3. The summed E-state index contributed by atoms with van der Waals surface area (Å²) in [6.45, 7) is 0. The zero-order chi connectivity index (χ0) is 42.0. The highest BCUT2D eigenvalue weighted by molar-refractivity contribution is 6.13. The molecule has 0 heterocycles. The molecule has 296 valence electrons. The topological polar surface area (TPSA) is 3.24 Å². The van der Waals surface area contributed by atoms with Crippen molar-refractivity contribution in [1.82, 2.24) is 0 Å². The Morgan fingerprint density at radius 1 is 0.190 bits per heavy atom. The lowest BCUT2D eigenvalue weighted by Gasteiger charge is -2.27. The van der Waals surface area contributed by atoms with Gasteiger partial charge >= 0.3 is 0 Å². The van der Waals surface area contributed by atoms with Gasteiger partial charge in [-0.15, -0.1) is 0 Å². The van der Waals surface area contributed by atoms with Crippen LogP contribution in [0.5, 0.6) is 0 Å². The van der Waals surface area contributed by atoms with E-state index in [-0.39, 0.29) is 0 Å². The molecule has 11 aromatic rings. The van der Waals surface area contributed by atoms with E-state index in [1.165, 1.54) is 88.3 Å². The van der Waals surface area contributed by atoms with E-state index >= 15 is 0 Å². The van der Waals surface area contributed by atoms with Gasteiger partial charge in [0.15, 0.2) is 0 Å². The smallest absolute Gasteiger partial charge is 0.0468 e. The van der Waals surface area contributed by atoms with Crippen LogP contribution in [0.3, 0.4) is 0 Å². The number of anilines is 3. The maximum Gasteiger partial charge on any atom is 0.0468 e. The van der Waals surface area contributed by atoms with Gasteiger partial charge in [0, 0.05) is 17.1 Å². The van der Waals surface area contributed by atoms with Gasteiger partial charge in [0.2, 0.25) is 0 Å². The third kappa shape index (κ3) is 7.37. The van der Waals surface area contributed by atoms with Gasteiger partial charge in [-0.2, -0.15) is 0 Å². The lowest BCUT2D eigenvalue weighted by Crippen LogP contribution is -2.10. The summed E-state index contributed by atoms with van der Waals surface area (Å²) in [6, 6.07) is 94.6. The molecule has 0 spiro atoms. The van der Waals surface area contributed by atoms with E-state index in [1.807, 2.05) is 0 Å². The monoisotopic (exact) mass is 801 g/mol. The van der Waals surface area contributed by atoms with Crippen LogP contribution in [0, 0.1) is 0 Å². The Labute approximate surface area is 369 Å². The maximum atomic E-state index is 2.39. The summed E-state index contributed by atoms with van der Waals surface area (Å²) >= 11 is 0. The van der Waals surface area contributed by atoms with Crippen LogP contribution in [-0.4, -0.2) is 0 Å². The normalized spacial score (nSPS) is 11.2. The van der Waals surface area contributed by atoms with Crippen molar-refractivity contribution in [2.45, 2.75) is 0 Å². The molecule has 0 fully saturated rings. The van der Waals surface area contributed by atoms with Gasteiger partial charge in [0.1, 0.15) is 0 Å². The fourth-order valence-electron chi connectivity index (χ4n) is 9.18. The fourth-order valence-corrected chi connectivity index (χ4v) is 9.18. The molecule has 0 aliphatic carbocycles. The third-order valence-electron chi connectivity index (χ3n) is 12.3. The van der Waals surface area contributed by atoms with Gasteiger partial charge in [-0.25, -0.2) is 0 Å². The van der Waals surface area contributed by atoms with E-state index in [0.29, 0.717) is 0 Å². The average molecular weight is 802 g/mol. The van der Waals surface area contributed by atoms with Crippen molar-refractivity contribution >= 4 is 38.6 Å². The van der Waals surface area contributed by atoms with E-state index in [2.05, 4.69) is 266 Å². The first-order valence-electron chi connectivity index (χ1n) is 21.7. The summed E-state index contributed by atoms with van der Waals surface area (Å²) in [5.41, 5.74) is 17.6. The van der Waals surface area contributed by atoms with Crippen LogP contribution < -0.4 is 4.90 Å². The largest absolute Gasteiger partial charge is 0.310 e. The second kappa shape index (κ2) is 16.7. The Morgan fingerprint density at radius 2 is 0.571 bits per heavy atom. The van der Waals surface area contributed by atoms with Crippen molar-refractivity contribution in [2.75, 3.05) is 4.90 Å². The molecule has 63 heavy (non-hydrogen) atoms. The first kappa shape index (κ1) is 37.7. The minimum absolute atomic E-state index is 1.08. The SMILES string of the molecule is c1ccc(-c2ccc(-c3ccccc3)c(-c3ccc(N(c4ccc(-c5cc6ccccc6c6ccccc56)cc4)c4ccc(-c5ccccc5)c(-c5ccccc5)c4)cc3)c2)cc1. The quantitative estimate of drug-likeness (QED) is 0.131. The summed E-state index contributed by atoms with van der Waals surface area (Å²) in [7, 11) is 0. The second-order valence-corrected chi connectivity index (χ2v) is 16.1. The van der Waals surface area contributed by atoms with Crippen molar-refractivity contribution in [3.05, 3.63) is 261 Å². The Balaban J connectivity index is 1.06. The van der Waals surface area contributed by atoms with Gasteiger partial charge in [0.25, 0.3) is 0 Å². The molecule has 0 radical (unpaired) electrons. The van der Waals surface area contributed by atoms with Gasteiger partial charge in [-0.3, -0.25) is 0 Å². The summed E-state index contributed by atoms with van der Waals surface area (Å²) in [5.74, 6) is 0.